The molecule has 0 spiro atoms. The number of nitrogens with zero attached hydrogens (tertiary/aromatic N) is 1. The highest BCUT2D eigenvalue weighted by Gasteiger charge is 2.08. The zero-order valence-corrected chi connectivity index (χ0v) is 13.8. The van der Waals surface area contributed by atoms with E-state index in [9.17, 15) is 4.79 Å². The van der Waals surface area contributed by atoms with E-state index in [-0.39, 0.29) is 5.91 Å². The Morgan fingerprint density at radius 1 is 1.23 bits per heavy atom. The largest absolute Gasteiger partial charge is 0.497 e. The molecular formula is C18H24N2O2. The highest BCUT2D eigenvalue weighted by molar-refractivity contribution is 5.76. The Bertz CT molecular complexity index is 642. The van der Waals surface area contributed by atoms with Crippen molar-refractivity contribution < 1.29 is 9.53 Å². The number of amides is 1. The Balaban J connectivity index is 1.81. The van der Waals surface area contributed by atoms with Gasteiger partial charge in [0.15, 0.2) is 0 Å². The van der Waals surface area contributed by atoms with Crippen LogP contribution < -0.4 is 10.1 Å². The quantitative estimate of drug-likeness (QED) is 0.891. The first kappa shape index (κ1) is 16.1. The standard InChI is InChI=1S/C18H24N2O2/c1-13-11-16(14(2)20(13)3)12-19-18(21)10-7-15-5-8-17(22-4)9-6-15/h5-6,8-9,11H,7,10,12H2,1-4H3,(H,19,21). The Kier molecular flexibility index (Phi) is 5.26. The summed E-state index contributed by atoms with van der Waals surface area (Å²) < 4.78 is 7.26. The van der Waals surface area contributed by atoms with Gasteiger partial charge in [0.1, 0.15) is 5.75 Å². The van der Waals surface area contributed by atoms with Gasteiger partial charge in [-0.25, -0.2) is 0 Å². The van der Waals surface area contributed by atoms with E-state index in [1.807, 2.05) is 31.3 Å². The second-order valence-electron chi connectivity index (χ2n) is 5.58. The molecule has 0 fully saturated rings. The normalized spacial score (nSPS) is 10.5. The molecule has 0 aliphatic heterocycles. The van der Waals surface area contributed by atoms with E-state index in [4.69, 9.17) is 4.74 Å². The van der Waals surface area contributed by atoms with Crippen molar-refractivity contribution >= 4 is 5.91 Å². The molecule has 0 unspecified atom stereocenters. The third kappa shape index (κ3) is 3.91. The lowest BCUT2D eigenvalue weighted by Crippen LogP contribution is -2.23. The fourth-order valence-electron chi connectivity index (χ4n) is 2.44. The predicted octanol–water partition coefficient (Wildman–Crippen LogP) is 2.90. The van der Waals surface area contributed by atoms with Crippen molar-refractivity contribution in [3.8, 4) is 5.75 Å². The molecule has 1 N–H and O–H groups in total. The number of methoxy groups -OCH3 is 1. The number of carbonyl (C=O) groups is 1. The molecular weight excluding hydrogens is 276 g/mol. The number of aryl methyl sites for hydroxylation is 2. The number of rotatable bonds is 6. The molecule has 4 heteroatoms. The van der Waals surface area contributed by atoms with Gasteiger partial charge in [0.25, 0.3) is 0 Å². The first-order valence-corrected chi connectivity index (χ1v) is 7.52. The third-order valence-electron chi connectivity index (χ3n) is 4.16. The average Bonchev–Trinajstić information content (AvgIpc) is 2.78. The van der Waals surface area contributed by atoms with Gasteiger partial charge < -0.3 is 14.6 Å². The second-order valence-corrected chi connectivity index (χ2v) is 5.58. The summed E-state index contributed by atoms with van der Waals surface area (Å²) in [6.07, 6.45) is 1.24. The number of hydrogen-bond acceptors (Lipinski definition) is 2. The SMILES string of the molecule is COc1ccc(CCC(=O)NCc2cc(C)n(C)c2C)cc1. The van der Waals surface area contributed by atoms with E-state index < -0.39 is 0 Å². The maximum absolute atomic E-state index is 12.0. The number of ether oxygens (including phenoxy) is 1. The number of hydrogen-bond donors (Lipinski definition) is 1. The number of nitrogens with one attached hydrogen (secondary N) is 1. The highest BCUT2D eigenvalue weighted by Crippen LogP contribution is 2.14. The van der Waals surface area contributed by atoms with Gasteiger partial charge in [-0.15, -0.1) is 0 Å². The maximum atomic E-state index is 12.0. The third-order valence-corrected chi connectivity index (χ3v) is 4.16. The van der Waals surface area contributed by atoms with Crippen molar-refractivity contribution in [2.24, 2.45) is 7.05 Å². The fourth-order valence-corrected chi connectivity index (χ4v) is 2.44. The number of carbonyl (C=O) groups excluding carboxylic acids is 1. The summed E-state index contributed by atoms with van der Waals surface area (Å²) in [5.41, 5.74) is 4.73. The van der Waals surface area contributed by atoms with Gasteiger partial charge in [0.05, 0.1) is 7.11 Å². The van der Waals surface area contributed by atoms with Crippen LogP contribution in [0.1, 0.15) is 28.9 Å². The zero-order valence-electron chi connectivity index (χ0n) is 13.8. The van der Waals surface area contributed by atoms with Crippen molar-refractivity contribution in [2.45, 2.75) is 33.2 Å². The smallest absolute Gasteiger partial charge is 0.220 e. The van der Waals surface area contributed by atoms with Gasteiger partial charge in [-0.3, -0.25) is 4.79 Å². The summed E-state index contributed by atoms with van der Waals surface area (Å²) in [5, 5.41) is 3.00. The van der Waals surface area contributed by atoms with E-state index in [0.717, 1.165) is 17.7 Å². The van der Waals surface area contributed by atoms with Gasteiger partial charge in [0, 0.05) is 31.4 Å². The molecule has 0 aliphatic rings. The average molecular weight is 300 g/mol. The highest BCUT2D eigenvalue weighted by atomic mass is 16.5. The number of benzene rings is 1. The summed E-state index contributed by atoms with van der Waals surface area (Å²) in [5.74, 6) is 0.917. The van der Waals surface area contributed by atoms with E-state index in [1.165, 1.54) is 17.0 Å². The lowest BCUT2D eigenvalue weighted by molar-refractivity contribution is -0.121. The Hall–Kier alpha value is -2.23. The van der Waals surface area contributed by atoms with Crippen LogP contribution in [0, 0.1) is 13.8 Å². The van der Waals surface area contributed by atoms with Crippen molar-refractivity contribution in [3.05, 3.63) is 52.8 Å². The van der Waals surface area contributed by atoms with Crippen LogP contribution in [0.5, 0.6) is 5.75 Å². The van der Waals surface area contributed by atoms with E-state index in [1.54, 1.807) is 7.11 Å². The summed E-state index contributed by atoms with van der Waals surface area (Å²) in [7, 11) is 3.69. The van der Waals surface area contributed by atoms with Crippen LogP contribution in [0.25, 0.3) is 0 Å². The molecule has 118 valence electrons. The molecule has 0 aliphatic carbocycles. The molecule has 22 heavy (non-hydrogen) atoms. The van der Waals surface area contributed by atoms with Crippen LogP contribution in [0.4, 0.5) is 0 Å². The topological polar surface area (TPSA) is 43.3 Å². The van der Waals surface area contributed by atoms with Gasteiger partial charge >= 0.3 is 0 Å². The first-order chi connectivity index (χ1) is 10.5. The summed E-state index contributed by atoms with van der Waals surface area (Å²) in [6.45, 7) is 4.74. The van der Waals surface area contributed by atoms with Crippen molar-refractivity contribution in [1.82, 2.24) is 9.88 Å². The predicted molar refractivity (Wildman–Crippen MR) is 88.0 cm³/mol. The van der Waals surface area contributed by atoms with Crippen LogP contribution >= 0.6 is 0 Å². The Morgan fingerprint density at radius 3 is 2.45 bits per heavy atom. The van der Waals surface area contributed by atoms with Crippen molar-refractivity contribution in [1.29, 1.82) is 0 Å². The summed E-state index contributed by atoms with van der Waals surface area (Å²) >= 11 is 0. The Morgan fingerprint density at radius 2 is 1.91 bits per heavy atom. The van der Waals surface area contributed by atoms with E-state index in [0.29, 0.717) is 13.0 Å². The summed E-state index contributed by atoms with van der Waals surface area (Å²) in [4.78, 5) is 12.0. The molecule has 1 aromatic heterocycles. The van der Waals surface area contributed by atoms with Crippen LogP contribution in [-0.2, 0) is 24.8 Å². The van der Waals surface area contributed by atoms with Gasteiger partial charge in [0.2, 0.25) is 5.91 Å². The zero-order chi connectivity index (χ0) is 16.1. The molecule has 1 amide bonds. The molecule has 0 atom stereocenters. The molecule has 0 saturated heterocycles. The van der Waals surface area contributed by atoms with Crippen LogP contribution in [-0.4, -0.2) is 17.6 Å². The van der Waals surface area contributed by atoms with Gasteiger partial charge in [-0.05, 0) is 49.6 Å². The molecule has 0 bridgehead atoms. The minimum Gasteiger partial charge on any atom is -0.497 e. The molecule has 4 nitrogen and oxygen atoms in total. The fraction of sp³-hybridized carbons (Fsp3) is 0.389. The maximum Gasteiger partial charge on any atom is 0.220 e. The lowest BCUT2D eigenvalue weighted by atomic mass is 10.1. The first-order valence-electron chi connectivity index (χ1n) is 7.52. The monoisotopic (exact) mass is 300 g/mol. The van der Waals surface area contributed by atoms with Crippen molar-refractivity contribution in [2.75, 3.05) is 7.11 Å². The summed E-state index contributed by atoms with van der Waals surface area (Å²) in [6, 6.07) is 9.96. The molecule has 1 aromatic carbocycles. The molecule has 1 heterocycles. The molecule has 2 rings (SSSR count). The van der Waals surface area contributed by atoms with Crippen molar-refractivity contribution in [3.63, 3.8) is 0 Å². The molecule has 0 saturated carbocycles. The van der Waals surface area contributed by atoms with Crippen LogP contribution in [0.2, 0.25) is 0 Å². The number of aromatic nitrogens is 1. The van der Waals surface area contributed by atoms with Crippen LogP contribution in [0.3, 0.4) is 0 Å². The van der Waals surface area contributed by atoms with E-state index >= 15 is 0 Å². The van der Waals surface area contributed by atoms with E-state index in [2.05, 4.69) is 29.8 Å². The Labute approximate surface area is 132 Å². The minimum atomic E-state index is 0.0803. The minimum absolute atomic E-state index is 0.0803. The molecule has 0 radical (unpaired) electrons. The van der Waals surface area contributed by atoms with Gasteiger partial charge in [-0.1, -0.05) is 12.1 Å². The molecule has 2 aromatic rings. The second kappa shape index (κ2) is 7.16. The van der Waals surface area contributed by atoms with Crippen LogP contribution in [0.15, 0.2) is 30.3 Å². The lowest BCUT2D eigenvalue weighted by Gasteiger charge is -2.06. The van der Waals surface area contributed by atoms with Gasteiger partial charge in [-0.2, -0.15) is 0 Å².